The van der Waals surface area contributed by atoms with Gasteiger partial charge in [-0.05, 0) is 38.3 Å². The van der Waals surface area contributed by atoms with E-state index in [2.05, 4.69) is 15.6 Å². The van der Waals surface area contributed by atoms with Gasteiger partial charge < -0.3 is 10.2 Å². The lowest BCUT2D eigenvalue weighted by Crippen LogP contribution is -2.45. The number of carbonyl (C=O) groups is 3. The second kappa shape index (κ2) is 7.65. The van der Waals surface area contributed by atoms with Crippen LogP contribution in [-0.2, 0) is 22.4 Å². The molecule has 2 aromatic rings. The first-order chi connectivity index (χ1) is 13.9. The molecular weight excluding hydrogens is 372 g/mol. The van der Waals surface area contributed by atoms with Crippen LogP contribution in [-0.4, -0.2) is 56.9 Å². The summed E-state index contributed by atoms with van der Waals surface area (Å²) in [6.07, 6.45) is 3.79. The molecular formula is C20H24N6O3. The topological polar surface area (TPSA) is 100 Å². The Balaban J connectivity index is 1.43. The Morgan fingerprint density at radius 3 is 2.83 bits per heavy atom. The Kier molecular flexibility index (Phi) is 5.04. The average molecular weight is 396 g/mol. The van der Waals surface area contributed by atoms with Gasteiger partial charge in [0, 0.05) is 30.9 Å². The molecule has 0 spiro atoms. The predicted octanol–water partition coefficient (Wildman–Crippen LogP) is 1.30. The van der Waals surface area contributed by atoms with Crippen molar-refractivity contribution in [2.75, 3.05) is 18.0 Å². The van der Waals surface area contributed by atoms with Crippen LogP contribution in [0.4, 0.5) is 10.5 Å². The van der Waals surface area contributed by atoms with E-state index >= 15 is 0 Å². The number of nitrogens with zero attached hydrogens (tertiary/aromatic N) is 5. The fourth-order valence-corrected chi connectivity index (χ4v) is 3.75. The molecule has 1 aromatic carbocycles. The van der Waals surface area contributed by atoms with Crippen molar-refractivity contribution in [3.63, 3.8) is 0 Å². The van der Waals surface area contributed by atoms with E-state index in [0.717, 1.165) is 29.0 Å². The fraction of sp³-hybridized carbons (Fsp3) is 0.450. The molecule has 1 atom stereocenters. The van der Waals surface area contributed by atoms with Gasteiger partial charge in [-0.3, -0.25) is 14.5 Å². The summed E-state index contributed by atoms with van der Waals surface area (Å²) >= 11 is 0. The molecule has 4 rings (SSSR count). The van der Waals surface area contributed by atoms with Crippen LogP contribution < -0.4 is 10.2 Å². The van der Waals surface area contributed by atoms with Crippen LogP contribution in [0.1, 0.15) is 37.6 Å². The Labute approximate surface area is 168 Å². The first-order valence-electron chi connectivity index (χ1n) is 9.85. The number of nitrogens with one attached hydrogen (secondary N) is 1. The maximum absolute atomic E-state index is 12.9. The highest BCUT2D eigenvalue weighted by molar-refractivity contribution is 6.08. The molecule has 0 saturated carbocycles. The molecule has 4 amide bonds. The number of para-hydroxylation sites is 1. The minimum absolute atomic E-state index is 0.159. The Hall–Kier alpha value is -3.23. The standard InChI is InChI=1S/C20H24N6O3/c1-13(2)26-11-15(22-23-26)10-16-19(28)25(20(29)21-16)12-18(27)24-9-5-7-14-6-3-4-8-17(14)24/h3-4,6,8,11,13,16H,5,7,9-10,12H2,1-2H3,(H,21,29)/t16-/m1/s1. The minimum Gasteiger partial charge on any atom is -0.325 e. The third-order valence-electron chi connectivity index (χ3n) is 5.31. The predicted molar refractivity (Wildman–Crippen MR) is 105 cm³/mol. The van der Waals surface area contributed by atoms with Crippen LogP contribution in [0.2, 0.25) is 0 Å². The van der Waals surface area contributed by atoms with E-state index in [1.54, 1.807) is 15.8 Å². The third kappa shape index (κ3) is 3.72. The molecule has 9 nitrogen and oxygen atoms in total. The van der Waals surface area contributed by atoms with Crippen LogP contribution >= 0.6 is 0 Å². The lowest BCUT2D eigenvalue weighted by atomic mass is 10.0. The van der Waals surface area contributed by atoms with E-state index in [9.17, 15) is 14.4 Å². The molecule has 1 N–H and O–H groups in total. The molecule has 152 valence electrons. The number of fused-ring (bicyclic) bond motifs is 1. The number of carbonyl (C=O) groups excluding carboxylic acids is 3. The summed E-state index contributed by atoms with van der Waals surface area (Å²) in [5.74, 6) is -0.667. The summed E-state index contributed by atoms with van der Waals surface area (Å²) in [7, 11) is 0. The van der Waals surface area contributed by atoms with Gasteiger partial charge in [0.1, 0.15) is 12.6 Å². The number of urea groups is 1. The fourth-order valence-electron chi connectivity index (χ4n) is 3.75. The SMILES string of the molecule is CC(C)n1cc(C[C@H]2NC(=O)N(CC(=O)N3CCCc4ccccc43)C2=O)nn1. The summed E-state index contributed by atoms with van der Waals surface area (Å²) in [5, 5.41) is 10.7. The van der Waals surface area contributed by atoms with Crippen molar-refractivity contribution >= 4 is 23.5 Å². The highest BCUT2D eigenvalue weighted by atomic mass is 16.2. The van der Waals surface area contributed by atoms with Gasteiger partial charge in [0.15, 0.2) is 0 Å². The van der Waals surface area contributed by atoms with Gasteiger partial charge in [-0.15, -0.1) is 5.10 Å². The molecule has 0 unspecified atom stereocenters. The zero-order valence-corrected chi connectivity index (χ0v) is 16.5. The van der Waals surface area contributed by atoms with Gasteiger partial charge >= 0.3 is 6.03 Å². The second-order valence-corrected chi connectivity index (χ2v) is 7.69. The molecule has 9 heteroatoms. The van der Waals surface area contributed by atoms with Gasteiger partial charge in [0.05, 0.1) is 5.69 Å². The minimum atomic E-state index is -0.735. The molecule has 0 bridgehead atoms. The quantitative estimate of drug-likeness (QED) is 0.768. The molecule has 2 aliphatic rings. The van der Waals surface area contributed by atoms with E-state index in [0.29, 0.717) is 12.2 Å². The van der Waals surface area contributed by atoms with Crippen molar-refractivity contribution in [1.82, 2.24) is 25.2 Å². The number of rotatable bonds is 5. The van der Waals surface area contributed by atoms with E-state index in [4.69, 9.17) is 0 Å². The smallest absolute Gasteiger partial charge is 0.325 e. The Morgan fingerprint density at radius 1 is 1.28 bits per heavy atom. The Bertz CT molecular complexity index is 953. The van der Waals surface area contributed by atoms with Crippen molar-refractivity contribution in [2.24, 2.45) is 0 Å². The maximum Gasteiger partial charge on any atom is 0.325 e. The monoisotopic (exact) mass is 396 g/mol. The van der Waals surface area contributed by atoms with Crippen molar-refractivity contribution in [2.45, 2.75) is 45.2 Å². The number of aromatic nitrogens is 3. The van der Waals surface area contributed by atoms with E-state index in [1.165, 1.54) is 0 Å². The summed E-state index contributed by atoms with van der Waals surface area (Å²) in [5.41, 5.74) is 2.59. The number of hydrogen-bond donors (Lipinski definition) is 1. The number of imide groups is 1. The summed E-state index contributed by atoms with van der Waals surface area (Å²) in [4.78, 5) is 40.6. The van der Waals surface area contributed by atoms with E-state index < -0.39 is 18.0 Å². The van der Waals surface area contributed by atoms with Gasteiger partial charge in [0.2, 0.25) is 5.91 Å². The molecule has 1 saturated heterocycles. The zero-order valence-electron chi connectivity index (χ0n) is 16.5. The average Bonchev–Trinajstić information content (AvgIpc) is 3.28. The van der Waals surface area contributed by atoms with Crippen LogP contribution in [0.25, 0.3) is 0 Å². The molecule has 2 aliphatic heterocycles. The molecule has 0 aliphatic carbocycles. The van der Waals surface area contributed by atoms with E-state index in [1.807, 2.05) is 38.1 Å². The maximum atomic E-state index is 12.9. The lowest BCUT2D eigenvalue weighted by molar-refractivity contribution is -0.131. The van der Waals surface area contributed by atoms with Crippen LogP contribution in [0.5, 0.6) is 0 Å². The molecule has 29 heavy (non-hydrogen) atoms. The number of hydrogen-bond acceptors (Lipinski definition) is 5. The molecule has 0 radical (unpaired) electrons. The van der Waals surface area contributed by atoms with Crippen molar-refractivity contribution in [1.29, 1.82) is 0 Å². The van der Waals surface area contributed by atoms with Crippen molar-refractivity contribution in [3.05, 3.63) is 41.7 Å². The summed E-state index contributed by atoms with van der Waals surface area (Å²) in [6.45, 7) is 4.27. The highest BCUT2D eigenvalue weighted by Gasteiger charge is 2.40. The zero-order chi connectivity index (χ0) is 20.5. The largest absolute Gasteiger partial charge is 0.325 e. The number of amides is 4. The van der Waals surface area contributed by atoms with Gasteiger partial charge in [-0.25, -0.2) is 9.48 Å². The van der Waals surface area contributed by atoms with Crippen LogP contribution in [0.3, 0.4) is 0 Å². The van der Waals surface area contributed by atoms with Crippen LogP contribution in [0.15, 0.2) is 30.5 Å². The van der Waals surface area contributed by atoms with Crippen LogP contribution in [0, 0.1) is 0 Å². The normalized spacial score (nSPS) is 18.9. The first-order valence-corrected chi connectivity index (χ1v) is 9.85. The Morgan fingerprint density at radius 2 is 2.07 bits per heavy atom. The second-order valence-electron chi connectivity index (χ2n) is 7.69. The van der Waals surface area contributed by atoms with Crippen molar-refractivity contribution in [3.8, 4) is 0 Å². The van der Waals surface area contributed by atoms with Gasteiger partial charge in [-0.2, -0.15) is 0 Å². The number of anilines is 1. The van der Waals surface area contributed by atoms with Gasteiger partial charge in [0.25, 0.3) is 5.91 Å². The van der Waals surface area contributed by atoms with Crippen molar-refractivity contribution < 1.29 is 14.4 Å². The lowest BCUT2D eigenvalue weighted by Gasteiger charge is -2.30. The molecule has 3 heterocycles. The summed E-state index contributed by atoms with van der Waals surface area (Å²) in [6, 6.07) is 6.62. The van der Waals surface area contributed by atoms with Gasteiger partial charge in [-0.1, -0.05) is 23.4 Å². The molecule has 1 aromatic heterocycles. The number of aryl methyl sites for hydroxylation is 1. The highest BCUT2D eigenvalue weighted by Crippen LogP contribution is 2.27. The number of benzene rings is 1. The first kappa shape index (κ1) is 19.1. The summed E-state index contributed by atoms with van der Waals surface area (Å²) < 4.78 is 1.70. The molecule has 1 fully saturated rings. The third-order valence-corrected chi connectivity index (χ3v) is 5.31. The van der Waals surface area contributed by atoms with E-state index in [-0.39, 0.29) is 24.9 Å².